The van der Waals surface area contributed by atoms with Gasteiger partial charge < -0.3 is 0 Å². The highest BCUT2D eigenvalue weighted by Gasteiger charge is 2.31. The van der Waals surface area contributed by atoms with Crippen LogP contribution in [0.2, 0.25) is 0 Å². The lowest BCUT2D eigenvalue weighted by Gasteiger charge is -2.05. The molecule has 0 spiro atoms. The van der Waals surface area contributed by atoms with Gasteiger partial charge in [0.1, 0.15) is 0 Å². The standard InChI is InChI=1S/C12H6BrN3O6S/c13-7-1-3-9(4-2-7)23-12-10(15(19)20)5-8(14(17)18)6-11(12)16(21)22/h1-6H. The van der Waals surface area contributed by atoms with Gasteiger partial charge in [-0.15, -0.1) is 0 Å². The molecule has 118 valence electrons. The molecule has 0 fully saturated rings. The van der Waals surface area contributed by atoms with Crippen molar-refractivity contribution in [3.05, 3.63) is 71.2 Å². The summed E-state index contributed by atoms with van der Waals surface area (Å²) in [6.07, 6.45) is 0. The Balaban J connectivity index is 2.63. The van der Waals surface area contributed by atoms with E-state index in [1.54, 1.807) is 24.3 Å². The number of hydrogen-bond donors (Lipinski definition) is 0. The first-order valence-electron chi connectivity index (χ1n) is 5.84. The molecule has 0 aliphatic rings. The predicted molar refractivity (Wildman–Crippen MR) is 84.7 cm³/mol. The molecule has 9 nitrogen and oxygen atoms in total. The van der Waals surface area contributed by atoms with Gasteiger partial charge in [0.25, 0.3) is 17.1 Å². The zero-order chi connectivity index (χ0) is 17.1. The van der Waals surface area contributed by atoms with Gasteiger partial charge in [0.05, 0.1) is 26.9 Å². The SMILES string of the molecule is O=[N+]([O-])c1cc([N+](=O)[O-])c(Sc2ccc(Br)cc2)c([N+](=O)[O-])c1. The smallest absolute Gasteiger partial charge is 0.258 e. The Labute approximate surface area is 140 Å². The summed E-state index contributed by atoms with van der Waals surface area (Å²) in [5, 5.41) is 33.1. The maximum atomic E-state index is 11.2. The molecule has 0 bridgehead atoms. The molecule has 0 aliphatic heterocycles. The van der Waals surface area contributed by atoms with Crippen molar-refractivity contribution in [2.24, 2.45) is 0 Å². The van der Waals surface area contributed by atoms with E-state index in [-0.39, 0.29) is 4.90 Å². The molecule has 0 aromatic heterocycles. The summed E-state index contributed by atoms with van der Waals surface area (Å²) < 4.78 is 0.773. The van der Waals surface area contributed by atoms with E-state index >= 15 is 0 Å². The number of rotatable bonds is 5. The van der Waals surface area contributed by atoms with E-state index in [0.717, 1.165) is 16.2 Å². The highest BCUT2D eigenvalue weighted by atomic mass is 79.9. The van der Waals surface area contributed by atoms with Gasteiger partial charge in [-0.2, -0.15) is 0 Å². The third-order valence-electron chi connectivity index (χ3n) is 2.67. The molecular weight excluding hydrogens is 394 g/mol. The average Bonchev–Trinajstić information content (AvgIpc) is 2.48. The van der Waals surface area contributed by atoms with Crippen molar-refractivity contribution in [2.45, 2.75) is 9.79 Å². The number of halogens is 1. The first-order valence-corrected chi connectivity index (χ1v) is 7.45. The summed E-state index contributed by atoms with van der Waals surface area (Å²) in [7, 11) is 0. The van der Waals surface area contributed by atoms with Gasteiger partial charge >= 0.3 is 0 Å². The van der Waals surface area contributed by atoms with Gasteiger partial charge in [-0.25, -0.2) is 0 Å². The molecule has 0 radical (unpaired) electrons. The van der Waals surface area contributed by atoms with Crippen molar-refractivity contribution in [2.75, 3.05) is 0 Å². The monoisotopic (exact) mass is 399 g/mol. The Kier molecular flexibility index (Phi) is 4.91. The van der Waals surface area contributed by atoms with E-state index in [1.807, 2.05) is 0 Å². The molecule has 0 atom stereocenters. The van der Waals surface area contributed by atoms with Crippen LogP contribution in [0, 0.1) is 30.3 Å². The Morgan fingerprint density at radius 3 is 1.70 bits per heavy atom. The summed E-state index contributed by atoms with van der Waals surface area (Å²) in [5.74, 6) is 0. The minimum atomic E-state index is -0.909. The van der Waals surface area contributed by atoms with Gasteiger partial charge in [-0.3, -0.25) is 30.3 Å². The van der Waals surface area contributed by atoms with E-state index in [4.69, 9.17) is 0 Å². The molecule has 0 aliphatic carbocycles. The molecule has 0 saturated heterocycles. The number of hydrogen-bond acceptors (Lipinski definition) is 7. The lowest BCUT2D eigenvalue weighted by atomic mass is 10.2. The first kappa shape index (κ1) is 16.8. The normalized spacial score (nSPS) is 10.3. The first-order chi connectivity index (χ1) is 10.8. The number of benzene rings is 2. The number of nitro benzene ring substituents is 3. The molecule has 2 rings (SSSR count). The van der Waals surface area contributed by atoms with Gasteiger partial charge in [0.2, 0.25) is 0 Å². The number of nitro groups is 3. The van der Waals surface area contributed by atoms with Crippen molar-refractivity contribution in [3.63, 3.8) is 0 Å². The van der Waals surface area contributed by atoms with Crippen molar-refractivity contribution >= 4 is 44.8 Å². The highest BCUT2D eigenvalue weighted by Crippen LogP contribution is 2.43. The largest absolute Gasteiger partial charge is 0.297 e. The van der Waals surface area contributed by atoms with Crippen LogP contribution in [0.25, 0.3) is 0 Å². The third kappa shape index (κ3) is 3.81. The maximum absolute atomic E-state index is 11.2. The molecule has 0 heterocycles. The fourth-order valence-corrected chi connectivity index (χ4v) is 2.93. The molecule has 2 aromatic rings. The fourth-order valence-electron chi connectivity index (χ4n) is 1.69. The van der Waals surface area contributed by atoms with Crippen LogP contribution in [0.15, 0.2) is 50.7 Å². The highest BCUT2D eigenvalue weighted by molar-refractivity contribution is 9.10. The summed E-state index contributed by atoms with van der Waals surface area (Å²) in [6, 6.07) is 8.01. The predicted octanol–water partition coefficient (Wildman–Crippen LogP) is 4.32. The second kappa shape index (κ2) is 6.71. The van der Waals surface area contributed by atoms with Crippen LogP contribution >= 0.6 is 27.7 Å². The van der Waals surface area contributed by atoms with E-state index in [1.165, 1.54) is 0 Å². The second-order valence-corrected chi connectivity index (χ2v) is 6.14. The van der Waals surface area contributed by atoms with Crippen molar-refractivity contribution in [3.8, 4) is 0 Å². The van der Waals surface area contributed by atoms with Gasteiger partial charge in [0, 0.05) is 9.37 Å². The van der Waals surface area contributed by atoms with Crippen LogP contribution in [0.3, 0.4) is 0 Å². The van der Waals surface area contributed by atoms with Crippen molar-refractivity contribution in [1.29, 1.82) is 0 Å². The lowest BCUT2D eigenvalue weighted by Crippen LogP contribution is -1.99. The quantitative estimate of drug-likeness (QED) is 0.540. The van der Waals surface area contributed by atoms with E-state index in [0.29, 0.717) is 17.0 Å². The molecule has 0 N–H and O–H groups in total. The second-order valence-electron chi connectivity index (χ2n) is 4.14. The lowest BCUT2D eigenvalue weighted by molar-refractivity contribution is -0.407. The number of nitrogens with zero attached hydrogens (tertiary/aromatic N) is 3. The van der Waals surface area contributed by atoms with E-state index in [2.05, 4.69) is 15.9 Å². The third-order valence-corrected chi connectivity index (χ3v) is 4.33. The summed E-state index contributed by atoms with van der Waals surface area (Å²) in [6.45, 7) is 0. The molecular formula is C12H6BrN3O6S. The molecule has 2 aromatic carbocycles. The van der Waals surface area contributed by atoms with Gasteiger partial charge in [-0.05, 0) is 24.3 Å². The maximum Gasteiger partial charge on any atom is 0.297 e. The summed E-state index contributed by atoms with van der Waals surface area (Å²) in [5.41, 5.74) is -2.07. The van der Waals surface area contributed by atoms with Crippen LogP contribution in [0.5, 0.6) is 0 Å². The van der Waals surface area contributed by atoms with Crippen LogP contribution in [-0.2, 0) is 0 Å². The van der Waals surface area contributed by atoms with Crippen LogP contribution in [-0.4, -0.2) is 14.8 Å². The summed E-state index contributed by atoms with van der Waals surface area (Å²) in [4.78, 5) is 30.7. The minimum absolute atomic E-state index is 0.257. The minimum Gasteiger partial charge on any atom is -0.258 e. The number of non-ortho nitro benzene ring substituents is 1. The van der Waals surface area contributed by atoms with E-state index < -0.39 is 31.8 Å². The molecule has 23 heavy (non-hydrogen) atoms. The Morgan fingerprint density at radius 2 is 1.30 bits per heavy atom. The van der Waals surface area contributed by atoms with Crippen LogP contribution < -0.4 is 0 Å². The Morgan fingerprint density at radius 1 is 0.826 bits per heavy atom. The van der Waals surface area contributed by atoms with Crippen LogP contribution in [0.1, 0.15) is 0 Å². The average molecular weight is 400 g/mol. The summed E-state index contributed by atoms with van der Waals surface area (Å²) >= 11 is 4.03. The van der Waals surface area contributed by atoms with E-state index in [9.17, 15) is 30.3 Å². The van der Waals surface area contributed by atoms with Crippen LogP contribution in [0.4, 0.5) is 17.1 Å². The van der Waals surface area contributed by atoms with Gasteiger partial charge in [0.15, 0.2) is 4.90 Å². The zero-order valence-corrected chi connectivity index (χ0v) is 13.4. The fraction of sp³-hybridized carbons (Fsp3) is 0. The van der Waals surface area contributed by atoms with Crippen molar-refractivity contribution < 1.29 is 14.8 Å². The molecule has 0 unspecified atom stereocenters. The Hall–Kier alpha value is -2.53. The molecule has 11 heteroatoms. The molecule has 0 saturated carbocycles. The molecule has 0 amide bonds. The van der Waals surface area contributed by atoms with Gasteiger partial charge in [-0.1, -0.05) is 27.7 Å². The van der Waals surface area contributed by atoms with Crippen molar-refractivity contribution in [1.82, 2.24) is 0 Å². The zero-order valence-electron chi connectivity index (χ0n) is 11.0. The topological polar surface area (TPSA) is 129 Å². The Bertz CT molecular complexity index is 776.